The second kappa shape index (κ2) is 7.00. The van der Waals surface area contributed by atoms with E-state index in [1.165, 1.54) is 0 Å². The Kier molecular flexibility index (Phi) is 4.81. The van der Waals surface area contributed by atoms with Gasteiger partial charge in [0.25, 0.3) is 0 Å². The molecule has 1 fully saturated rings. The highest BCUT2D eigenvalue weighted by Crippen LogP contribution is 2.24. The number of urea groups is 1. The van der Waals surface area contributed by atoms with Gasteiger partial charge in [0.2, 0.25) is 0 Å². The third-order valence-corrected chi connectivity index (χ3v) is 4.43. The molecule has 1 heterocycles. The lowest BCUT2D eigenvalue weighted by Crippen LogP contribution is -2.40. The molecule has 1 aliphatic rings. The number of amides is 2. The number of rotatable bonds is 4. The van der Waals surface area contributed by atoms with Crippen LogP contribution in [-0.4, -0.2) is 28.8 Å². The average molecular weight is 317 g/mol. The van der Waals surface area contributed by atoms with Gasteiger partial charge in [-0.2, -0.15) is 0 Å². The first kappa shape index (κ1) is 15.8. The normalized spacial score (nSPS) is 21.3. The van der Waals surface area contributed by atoms with Gasteiger partial charge in [-0.25, -0.2) is 9.78 Å². The van der Waals surface area contributed by atoms with Gasteiger partial charge in [-0.15, -0.1) is 0 Å². The van der Waals surface area contributed by atoms with Crippen LogP contribution in [0.1, 0.15) is 38.5 Å². The Morgan fingerprint density at radius 2 is 2.13 bits per heavy atom. The van der Waals surface area contributed by atoms with Crippen molar-refractivity contribution in [3.8, 4) is 0 Å². The number of hydrogen-bond donors (Lipinski definition) is 3. The number of benzene rings is 1. The van der Waals surface area contributed by atoms with Gasteiger partial charge in [0.15, 0.2) is 11.5 Å². The van der Waals surface area contributed by atoms with Crippen LogP contribution in [-0.2, 0) is 6.42 Å². The largest absolute Gasteiger partial charge is 0.441 e. The van der Waals surface area contributed by atoms with Crippen LogP contribution in [0.25, 0.3) is 11.1 Å². The van der Waals surface area contributed by atoms with Gasteiger partial charge in [0.1, 0.15) is 5.52 Å². The standard InChI is InChI=1S/C17H23N3O3/c1-2-16-20-14-9-13(7-8-15(14)23-16)19-17(22)18-12-5-3-11(10-21)4-6-12/h7-9,11-12,21H,2-6,10H2,1H3,(H2,18,19,22). The zero-order chi connectivity index (χ0) is 16.2. The Labute approximate surface area is 135 Å². The van der Waals surface area contributed by atoms with Crippen LogP contribution in [0.5, 0.6) is 0 Å². The molecule has 1 aliphatic carbocycles. The number of aromatic nitrogens is 1. The molecule has 3 rings (SSSR count). The quantitative estimate of drug-likeness (QED) is 0.808. The number of nitrogens with zero attached hydrogens (tertiary/aromatic N) is 1. The number of hydrogen-bond acceptors (Lipinski definition) is 4. The summed E-state index contributed by atoms with van der Waals surface area (Å²) in [6.07, 6.45) is 4.51. The topological polar surface area (TPSA) is 87.4 Å². The lowest BCUT2D eigenvalue weighted by molar-refractivity contribution is 0.176. The molecule has 1 aromatic heterocycles. The third kappa shape index (κ3) is 3.82. The maximum atomic E-state index is 12.1. The zero-order valence-corrected chi connectivity index (χ0v) is 13.3. The van der Waals surface area contributed by atoms with E-state index in [1.807, 2.05) is 25.1 Å². The molecule has 2 aromatic rings. The Hall–Kier alpha value is -2.08. The molecule has 0 spiro atoms. The lowest BCUT2D eigenvalue weighted by atomic mass is 9.87. The SMILES string of the molecule is CCc1nc2cc(NC(=O)NC3CCC(CO)CC3)ccc2o1. The zero-order valence-electron chi connectivity index (χ0n) is 13.3. The summed E-state index contributed by atoms with van der Waals surface area (Å²) in [6.45, 7) is 2.24. The molecule has 6 nitrogen and oxygen atoms in total. The average Bonchev–Trinajstić information content (AvgIpc) is 2.98. The molecule has 0 saturated heterocycles. The number of carbonyl (C=O) groups is 1. The minimum atomic E-state index is -0.198. The Morgan fingerprint density at radius 1 is 1.35 bits per heavy atom. The Morgan fingerprint density at radius 3 is 2.83 bits per heavy atom. The number of oxazole rings is 1. The van der Waals surface area contributed by atoms with E-state index >= 15 is 0 Å². The maximum absolute atomic E-state index is 12.1. The molecule has 3 N–H and O–H groups in total. The summed E-state index contributed by atoms with van der Waals surface area (Å²) in [7, 11) is 0. The first-order valence-corrected chi connectivity index (χ1v) is 8.25. The summed E-state index contributed by atoms with van der Waals surface area (Å²) in [5.41, 5.74) is 2.19. The van der Waals surface area contributed by atoms with E-state index in [0.717, 1.165) is 43.2 Å². The molecular weight excluding hydrogens is 294 g/mol. The highest BCUT2D eigenvalue weighted by molar-refractivity contribution is 5.91. The van der Waals surface area contributed by atoms with E-state index in [1.54, 1.807) is 0 Å². The number of anilines is 1. The molecule has 0 radical (unpaired) electrons. The first-order chi connectivity index (χ1) is 11.2. The van der Waals surface area contributed by atoms with Crippen LogP contribution in [0.3, 0.4) is 0 Å². The van der Waals surface area contributed by atoms with Gasteiger partial charge in [0.05, 0.1) is 0 Å². The Bertz CT molecular complexity index is 675. The highest BCUT2D eigenvalue weighted by Gasteiger charge is 2.21. The van der Waals surface area contributed by atoms with Crippen LogP contribution in [0.4, 0.5) is 10.5 Å². The van der Waals surface area contributed by atoms with Gasteiger partial charge in [-0.1, -0.05) is 6.92 Å². The van der Waals surface area contributed by atoms with Crippen LogP contribution in [0, 0.1) is 5.92 Å². The summed E-state index contributed by atoms with van der Waals surface area (Å²) in [5, 5.41) is 15.0. The van der Waals surface area contributed by atoms with Crippen molar-refractivity contribution in [3.05, 3.63) is 24.1 Å². The number of fused-ring (bicyclic) bond motifs is 1. The van der Waals surface area contributed by atoms with E-state index in [9.17, 15) is 4.79 Å². The van der Waals surface area contributed by atoms with Crippen molar-refractivity contribution in [2.75, 3.05) is 11.9 Å². The molecular formula is C17H23N3O3. The first-order valence-electron chi connectivity index (χ1n) is 8.25. The minimum absolute atomic E-state index is 0.181. The number of aliphatic hydroxyl groups is 1. The fraction of sp³-hybridized carbons (Fsp3) is 0.529. The molecule has 0 unspecified atom stereocenters. The van der Waals surface area contributed by atoms with Crippen molar-refractivity contribution < 1.29 is 14.3 Å². The molecule has 0 aliphatic heterocycles. The molecule has 2 amide bonds. The van der Waals surface area contributed by atoms with Gasteiger partial charge in [0, 0.05) is 24.8 Å². The summed E-state index contributed by atoms with van der Waals surface area (Å²) in [5.74, 6) is 1.08. The van der Waals surface area contributed by atoms with Gasteiger partial charge < -0.3 is 20.2 Å². The van der Waals surface area contributed by atoms with Crippen molar-refractivity contribution in [2.24, 2.45) is 5.92 Å². The van der Waals surface area contributed by atoms with Gasteiger partial charge >= 0.3 is 6.03 Å². The van der Waals surface area contributed by atoms with Crippen LogP contribution < -0.4 is 10.6 Å². The van der Waals surface area contributed by atoms with Gasteiger partial charge in [-0.05, 0) is 49.8 Å². The summed E-state index contributed by atoms with van der Waals surface area (Å²) in [4.78, 5) is 16.5. The monoisotopic (exact) mass is 317 g/mol. The van der Waals surface area contributed by atoms with Crippen molar-refractivity contribution in [2.45, 2.75) is 45.1 Å². The lowest BCUT2D eigenvalue weighted by Gasteiger charge is -2.27. The van der Waals surface area contributed by atoms with Gasteiger partial charge in [-0.3, -0.25) is 0 Å². The molecule has 23 heavy (non-hydrogen) atoms. The summed E-state index contributed by atoms with van der Waals surface area (Å²) < 4.78 is 5.56. The fourth-order valence-corrected chi connectivity index (χ4v) is 3.05. The summed E-state index contributed by atoms with van der Waals surface area (Å²) in [6, 6.07) is 5.44. The van der Waals surface area contributed by atoms with Crippen LogP contribution in [0.2, 0.25) is 0 Å². The minimum Gasteiger partial charge on any atom is -0.441 e. The van der Waals surface area contributed by atoms with Crippen LogP contribution >= 0.6 is 0 Å². The van der Waals surface area contributed by atoms with Crippen LogP contribution in [0.15, 0.2) is 22.6 Å². The molecule has 1 saturated carbocycles. The van der Waals surface area contributed by atoms with Crippen molar-refractivity contribution >= 4 is 22.8 Å². The molecule has 124 valence electrons. The summed E-state index contributed by atoms with van der Waals surface area (Å²) >= 11 is 0. The van der Waals surface area contributed by atoms with E-state index in [2.05, 4.69) is 15.6 Å². The predicted molar refractivity (Wildman–Crippen MR) is 88.4 cm³/mol. The Balaban J connectivity index is 1.57. The smallest absolute Gasteiger partial charge is 0.319 e. The van der Waals surface area contributed by atoms with E-state index in [-0.39, 0.29) is 18.7 Å². The second-order valence-electron chi connectivity index (χ2n) is 6.14. The number of aliphatic hydroxyl groups excluding tert-OH is 1. The number of carbonyl (C=O) groups excluding carboxylic acids is 1. The highest BCUT2D eigenvalue weighted by atomic mass is 16.3. The van der Waals surface area contributed by atoms with Crippen molar-refractivity contribution in [1.82, 2.24) is 10.3 Å². The number of aryl methyl sites for hydroxylation is 1. The third-order valence-electron chi connectivity index (χ3n) is 4.43. The molecule has 0 bridgehead atoms. The van der Waals surface area contributed by atoms with E-state index < -0.39 is 0 Å². The van der Waals surface area contributed by atoms with E-state index in [4.69, 9.17) is 9.52 Å². The molecule has 6 heteroatoms. The number of nitrogens with one attached hydrogen (secondary N) is 2. The fourth-order valence-electron chi connectivity index (χ4n) is 3.05. The molecule has 0 atom stereocenters. The van der Waals surface area contributed by atoms with E-state index in [0.29, 0.717) is 17.5 Å². The molecule has 1 aromatic carbocycles. The van der Waals surface area contributed by atoms with Crippen molar-refractivity contribution in [1.29, 1.82) is 0 Å². The maximum Gasteiger partial charge on any atom is 0.319 e. The second-order valence-corrected chi connectivity index (χ2v) is 6.14. The van der Waals surface area contributed by atoms with Crippen molar-refractivity contribution in [3.63, 3.8) is 0 Å². The predicted octanol–water partition coefficient (Wildman–Crippen LogP) is 3.06.